The van der Waals surface area contributed by atoms with Gasteiger partial charge in [0.25, 0.3) is 0 Å². The first-order valence-electron chi connectivity index (χ1n) is 5.34. The van der Waals surface area contributed by atoms with Crippen LogP contribution in [0.25, 0.3) is 10.8 Å². The van der Waals surface area contributed by atoms with Gasteiger partial charge in [0.2, 0.25) is 0 Å². The molecule has 0 saturated carbocycles. The zero-order chi connectivity index (χ0) is 13.0. The van der Waals surface area contributed by atoms with Gasteiger partial charge in [-0.15, -0.1) is 6.42 Å². The number of aromatic nitrogens is 1. The monoisotopic (exact) mass is 233 g/mol. The third-order valence-corrected chi connectivity index (χ3v) is 2.28. The summed E-state index contributed by atoms with van der Waals surface area (Å²) >= 11 is 0. The van der Waals surface area contributed by atoms with E-state index in [0.29, 0.717) is 10.9 Å². The van der Waals surface area contributed by atoms with Crippen molar-refractivity contribution in [3.63, 3.8) is 0 Å². The molecule has 3 heteroatoms. The fourth-order valence-corrected chi connectivity index (χ4v) is 1.59. The molecular formula is C14H13F2N. The van der Waals surface area contributed by atoms with Crippen LogP contribution in [0.2, 0.25) is 0 Å². The SMILES string of the molecule is C#Cc1cc(F)c(F)c2cncc(C)c12.CC. The molecule has 2 aromatic rings. The highest BCUT2D eigenvalue weighted by Gasteiger charge is 2.12. The van der Waals surface area contributed by atoms with E-state index in [9.17, 15) is 8.78 Å². The molecule has 1 nitrogen and oxygen atoms in total. The summed E-state index contributed by atoms with van der Waals surface area (Å²) in [6.07, 6.45) is 8.09. The first-order chi connectivity index (χ1) is 8.15. The number of benzene rings is 1. The van der Waals surface area contributed by atoms with Crippen LogP contribution in [0.5, 0.6) is 0 Å². The molecule has 0 aliphatic carbocycles. The highest BCUT2D eigenvalue weighted by atomic mass is 19.2. The van der Waals surface area contributed by atoms with E-state index in [-0.39, 0.29) is 5.39 Å². The Kier molecular flexibility index (Phi) is 4.17. The van der Waals surface area contributed by atoms with Crippen molar-refractivity contribution >= 4 is 10.8 Å². The quantitative estimate of drug-likeness (QED) is 0.630. The smallest absolute Gasteiger partial charge is 0.168 e. The molecule has 0 spiro atoms. The Morgan fingerprint density at radius 2 is 1.88 bits per heavy atom. The number of hydrogen-bond donors (Lipinski definition) is 0. The molecule has 0 bridgehead atoms. The Bertz CT molecular complexity index is 583. The number of terminal acetylenes is 1. The second-order valence-electron chi connectivity index (χ2n) is 3.24. The first kappa shape index (κ1) is 13.1. The lowest BCUT2D eigenvalue weighted by atomic mass is 10.0. The van der Waals surface area contributed by atoms with Gasteiger partial charge in [-0.1, -0.05) is 19.8 Å². The third-order valence-electron chi connectivity index (χ3n) is 2.28. The zero-order valence-electron chi connectivity index (χ0n) is 10.0. The van der Waals surface area contributed by atoms with E-state index in [1.165, 1.54) is 6.20 Å². The number of nitrogens with zero attached hydrogens (tertiary/aromatic N) is 1. The van der Waals surface area contributed by atoms with Gasteiger partial charge in [0, 0.05) is 28.7 Å². The fraction of sp³-hybridized carbons (Fsp3) is 0.214. The average molecular weight is 233 g/mol. The van der Waals surface area contributed by atoms with Crippen molar-refractivity contribution in [2.75, 3.05) is 0 Å². The highest BCUT2D eigenvalue weighted by Crippen LogP contribution is 2.25. The predicted molar refractivity (Wildman–Crippen MR) is 65.7 cm³/mol. The lowest BCUT2D eigenvalue weighted by Crippen LogP contribution is -1.93. The Morgan fingerprint density at radius 3 is 2.47 bits per heavy atom. The van der Waals surface area contributed by atoms with Gasteiger partial charge in [-0.05, 0) is 18.6 Å². The number of halogens is 2. The molecule has 0 aliphatic heterocycles. The predicted octanol–water partition coefficient (Wildman–Crippen LogP) is 3.83. The fourth-order valence-electron chi connectivity index (χ4n) is 1.59. The van der Waals surface area contributed by atoms with Crippen LogP contribution in [0.4, 0.5) is 8.78 Å². The van der Waals surface area contributed by atoms with Crippen LogP contribution in [-0.2, 0) is 0 Å². The molecule has 2 rings (SSSR count). The van der Waals surface area contributed by atoms with Crippen molar-refractivity contribution in [2.24, 2.45) is 0 Å². The maximum absolute atomic E-state index is 13.4. The number of pyridine rings is 1. The van der Waals surface area contributed by atoms with Crippen LogP contribution in [0.15, 0.2) is 18.5 Å². The molecule has 1 heterocycles. The van der Waals surface area contributed by atoms with Crippen molar-refractivity contribution in [1.29, 1.82) is 0 Å². The molecule has 88 valence electrons. The van der Waals surface area contributed by atoms with Crippen LogP contribution >= 0.6 is 0 Å². The van der Waals surface area contributed by atoms with Gasteiger partial charge >= 0.3 is 0 Å². The minimum Gasteiger partial charge on any atom is -0.264 e. The summed E-state index contributed by atoms with van der Waals surface area (Å²) < 4.78 is 26.5. The summed E-state index contributed by atoms with van der Waals surface area (Å²) in [5.74, 6) is 0.500. The molecule has 1 aromatic heterocycles. The largest absolute Gasteiger partial charge is 0.264 e. The van der Waals surface area contributed by atoms with Crippen molar-refractivity contribution in [3.05, 3.63) is 41.2 Å². The van der Waals surface area contributed by atoms with E-state index in [1.54, 1.807) is 13.1 Å². The topological polar surface area (TPSA) is 12.9 Å². The molecule has 0 amide bonds. The van der Waals surface area contributed by atoms with E-state index in [4.69, 9.17) is 6.42 Å². The van der Waals surface area contributed by atoms with E-state index >= 15 is 0 Å². The molecule has 1 aromatic carbocycles. The van der Waals surface area contributed by atoms with Crippen molar-refractivity contribution in [1.82, 2.24) is 4.98 Å². The summed E-state index contributed by atoms with van der Waals surface area (Å²) in [5, 5.41) is 0.675. The number of rotatable bonds is 0. The number of aryl methyl sites for hydroxylation is 1. The number of fused-ring (bicyclic) bond motifs is 1. The lowest BCUT2D eigenvalue weighted by molar-refractivity contribution is 0.516. The minimum atomic E-state index is -0.942. The Balaban J connectivity index is 0.000000686. The molecule has 0 unspecified atom stereocenters. The average Bonchev–Trinajstić information content (AvgIpc) is 2.36. The molecule has 0 atom stereocenters. The Labute approximate surface area is 99.5 Å². The maximum atomic E-state index is 13.4. The summed E-state index contributed by atoms with van der Waals surface area (Å²) in [4.78, 5) is 3.81. The van der Waals surface area contributed by atoms with Gasteiger partial charge in [-0.2, -0.15) is 0 Å². The van der Waals surface area contributed by atoms with Gasteiger partial charge in [0.05, 0.1) is 0 Å². The summed E-state index contributed by atoms with van der Waals surface area (Å²) in [6, 6.07) is 1.03. The van der Waals surface area contributed by atoms with Gasteiger partial charge in [0.1, 0.15) is 0 Å². The molecular weight excluding hydrogens is 220 g/mol. The van der Waals surface area contributed by atoms with Gasteiger partial charge in [0.15, 0.2) is 11.6 Å². The summed E-state index contributed by atoms with van der Waals surface area (Å²) in [7, 11) is 0. The van der Waals surface area contributed by atoms with Crippen LogP contribution in [0.1, 0.15) is 25.0 Å². The van der Waals surface area contributed by atoms with Crippen molar-refractivity contribution in [3.8, 4) is 12.3 Å². The van der Waals surface area contributed by atoms with E-state index < -0.39 is 11.6 Å². The standard InChI is InChI=1S/C12H7F2N.C2H6/c1-3-8-4-10(13)12(14)9-6-15-5-7(2)11(8)9;1-2/h1,4-6H,2H3;1-2H3. The molecule has 0 radical (unpaired) electrons. The van der Waals surface area contributed by atoms with Crippen LogP contribution in [0.3, 0.4) is 0 Å². The van der Waals surface area contributed by atoms with E-state index in [0.717, 1.165) is 11.6 Å². The van der Waals surface area contributed by atoms with Gasteiger partial charge in [-0.25, -0.2) is 8.78 Å². The molecule has 17 heavy (non-hydrogen) atoms. The molecule has 0 fully saturated rings. The zero-order valence-corrected chi connectivity index (χ0v) is 10.0. The van der Waals surface area contributed by atoms with Gasteiger partial charge in [-0.3, -0.25) is 4.98 Å². The second kappa shape index (κ2) is 5.40. The van der Waals surface area contributed by atoms with Crippen molar-refractivity contribution < 1.29 is 8.78 Å². The summed E-state index contributed by atoms with van der Waals surface area (Å²) in [5.41, 5.74) is 1.09. The lowest BCUT2D eigenvalue weighted by Gasteiger charge is -2.05. The normalized spacial score (nSPS) is 9.41. The Morgan fingerprint density at radius 1 is 1.24 bits per heavy atom. The first-order valence-corrected chi connectivity index (χ1v) is 5.34. The Hall–Kier alpha value is -1.95. The van der Waals surface area contributed by atoms with Crippen molar-refractivity contribution in [2.45, 2.75) is 20.8 Å². The third kappa shape index (κ3) is 2.26. The van der Waals surface area contributed by atoms with Crippen LogP contribution in [-0.4, -0.2) is 4.98 Å². The van der Waals surface area contributed by atoms with Gasteiger partial charge < -0.3 is 0 Å². The number of hydrogen-bond acceptors (Lipinski definition) is 1. The van der Waals surface area contributed by atoms with E-state index in [2.05, 4.69) is 10.9 Å². The van der Waals surface area contributed by atoms with Crippen LogP contribution in [0, 0.1) is 30.9 Å². The molecule has 0 aliphatic rings. The molecule has 0 saturated heterocycles. The minimum absolute atomic E-state index is 0.128. The van der Waals surface area contributed by atoms with Crippen LogP contribution < -0.4 is 0 Å². The second-order valence-corrected chi connectivity index (χ2v) is 3.24. The highest BCUT2D eigenvalue weighted by molar-refractivity contribution is 5.90. The summed E-state index contributed by atoms with van der Waals surface area (Å²) in [6.45, 7) is 5.76. The van der Waals surface area contributed by atoms with E-state index in [1.807, 2.05) is 13.8 Å². The molecule has 0 N–H and O–H groups in total. The maximum Gasteiger partial charge on any atom is 0.168 e.